The molecule has 2 atom stereocenters. The van der Waals surface area contributed by atoms with Crippen molar-refractivity contribution in [2.24, 2.45) is 0 Å². The van der Waals surface area contributed by atoms with Crippen molar-refractivity contribution in [3.8, 4) is 0 Å². The molecule has 2 unspecified atom stereocenters. The van der Waals surface area contributed by atoms with E-state index in [0.29, 0.717) is 5.56 Å². The summed E-state index contributed by atoms with van der Waals surface area (Å²) >= 11 is 1.48. The quantitative estimate of drug-likeness (QED) is 0.756. The molecule has 1 heterocycles. The maximum absolute atomic E-state index is 12.1. The van der Waals surface area contributed by atoms with Gasteiger partial charge in [0.2, 0.25) is 5.91 Å². The molecule has 5 nitrogen and oxygen atoms in total. The van der Waals surface area contributed by atoms with Crippen molar-refractivity contribution in [2.75, 3.05) is 6.54 Å². The Labute approximate surface area is 139 Å². The van der Waals surface area contributed by atoms with Gasteiger partial charge in [-0.15, -0.1) is 0 Å². The Bertz CT molecular complexity index is 654. The minimum absolute atomic E-state index is 0.0775. The zero-order valence-corrected chi connectivity index (χ0v) is 13.9. The lowest BCUT2D eigenvalue weighted by Gasteiger charge is -2.24. The van der Waals surface area contributed by atoms with Crippen molar-refractivity contribution in [1.82, 2.24) is 10.6 Å². The third kappa shape index (κ3) is 4.64. The van der Waals surface area contributed by atoms with Crippen LogP contribution in [0.3, 0.4) is 0 Å². The molecule has 23 heavy (non-hydrogen) atoms. The molecule has 6 heteroatoms. The lowest BCUT2D eigenvalue weighted by molar-refractivity contribution is -0.123. The molecule has 2 rings (SSSR count). The average molecular weight is 332 g/mol. The Kier molecular flexibility index (Phi) is 5.52. The van der Waals surface area contributed by atoms with Gasteiger partial charge in [0, 0.05) is 5.56 Å². The predicted molar refractivity (Wildman–Crippen MR) is 90.3 cm³/mol. The lowest BCUT2D eigenvalue weighted by Crippen LogP contribution is -2.48. The van der Waals surface area contributed by atoms with E-state index in [4.69, 9.17) is 0 Å². The fraction of sp³-hybridized carbons (Fsp3) is 0.294. The average Bonchev–Trinajstić information content (AvgIpc) is 3.08. The van der Waals surface area contributed by atoms with Crippen LogP contribution in [0.4, 0.5) is 0 Å². The maximum atomic E-state index is 12.1. The van der Waals surface area contributed by atoms with E-state index in [1.807, 2.05) is 22.9 Å². The fourth-order valence-corrected chi connectivity index (χ4v) is 2.80. The monoisotopic (exact) mass is 332 g/mol. The number of benzene rings is 1. The Hall–Kier alpha value is -2.18. The fourth-order valence-electron chi connectivity index (χ4n) is 2.02. The zero-order chi connectivity index (χ0) is 16.9. The van der Waals surface area contributed by atoms with Crippen molar-refractivity contribution in [2.45, 2.75) is 25.5 Å². The zero-order valence-electron chi connectivity index (χ0n) is 13.1. The van der Waals surface area contributed by atoms with Crippen LogP contribution in [-0.2, 0) is 10.4 Å². The van der Waals surface area contributed by atoms with Crippen molar-refractivity contribution >= 4 is 23.2 Å². The first kappa shape index (κ1) is 17.2. The van der Waals surface area contributed by atoms with Gasteiger partial charge in [-0.1, -0.05) is 18.2 Å². The predicted octanol–water partition coefficient (Wildman–Crippen LogP) is 1.89. The van der Waals surface area contributed by atoms with Gasteiger partial charge in [-0.2, -0.15) is 11.3 Å². The Morgan fingerprint density at radius 2 is 1.96 bits per heavy atom. The summed E-state index contributed by atoms with van der Waals surface area (Å²) in [5, 5.41) is 19.4. The molecule has 0 fully saturated rings. The second-order valence-electron chi connectivity index (χ2n) is 5.56. The Morgan fingerprint density at radius 1 is 1.26 bits per heavy atom. The van der Waals surface area contributed by atoms with Crippen LogP contribution < -0.4 is 10.6 Å². The van der Waals surface area contributed by atoms with E-state index in [0.717, 1.165) is 5.56 Å². The van der Waals surface area contributed by atoms with Crippen LogP contribution in [0.5, 0.6) is 0 Å². The summed E-state index contributed by atoms with van der Waals surface area (Å²) in [4.78, 5) is 24.1. The molecule has 3 N–H and O–H groups in total. The van der Waals surface area contributed by atoms with Gasteiger partial charge < -0.3 is 15.7 Å². The number of hydrogen-bond donors (Lipinski definition) is 3. The van der Waals surface area contributed by atoms with E-state index < -0.39 is 11.6 Å². The van der Waals surface area contributed by atoms with Crippen LogP contribution in [0, 0.1) is 0 Å². The van der Waals surface area contributed by atoms with E-state index >= 15 is 0 Å². The number of rotatable bonds is 6. The highest BCUT2D eigenvalue weighted by atomic mass is 32.1. The second kappa shape index (κ2) is 7.39. The van der Waals surface area contributed by atoms with Gasteiger partial charge in [-0.3, -0.25) is 9.59 Å². The van der Waals surface area contributed by atoms with Crippen molar-refractivity contribution in [3.63, 3.8) is 0 Å². The molecule has 1 aromatic carbocycles. The third-order valence-corrected chi connectivity index (χ3v) is 4.21. The summed E-state index contributed by atoms with van der Waals surface area (Å²) in [5.74, 6) is -0.650. The molecular formula is C17H20N2O3S. The number of carbonyl (C=O) groups is 2. The van der Waals surface area contributed by atoms with Gasteiger partial charge in [0.1, 0.15) is 11.6 Å². The Balaban J connectivity index is 1.87. The highest BCUT2D eigenvalue weighted by Crippen LogP contribution is 2.21. The van der Waals surface area contributed by atoms with E-state index in [2.05, 4.69) is 10.6 Å². The second-order valence-corrected chi connectivity index (χ2v) is 6.34. The highest BCUT2D eigenvalue weighted by molar-refractivity contribution is 7.08. The summed E-state index contributed by atoms with van der Waals surface area (Å²) < 4.78 is 0. The molecule has 0 radical (unpaired) electrons. The van der Waals surface area contributed by atoms with Gasteiger partial charge in [-0.05, 0) is 48.4 Å². The lowest BCUT2D eigenvalue weighted by atomic mass is 9.99. The van der Waals surface area contributed by atoms with Crippen LogP contribution in [0.15, 0.2) is 47.2 Å². The number of carbonyl (C=O) groups excluding carboxylic acids is 2. The topological polar surface area (TPSA) is 78.4 Å². The summed E-state index contributed by atoms with van der Waals surface area (Å²) in [6.07, 6.45) is 0. The first-order valence-corrected chi connectivity index (χ1v) is 8.23. The Morgan fingerprint density at radius 3 is 2.57 bits per heavy atom. The third-order valence-electron chi connectivity index (χ3n) is 3.53. The summed E-state index contributed by atoms with van der Waals surface area (Å²) in [5.41, 5.74) is 0.111. The molecule has 1 aromatic heterocycles. The van der Waals surface area contributed by atoms with Gasteiger partial charge >= 0.3 is 0 Å². The van der Waals surface area contributed by atoms with Gasteiger partial charge in [-0.25, -0.2) is 0 Å². The van der Waals surface area contributed by atoms with E-state index in [1.54, 1.807) is 38.1 Å². The molecule has 0 aliphatic carbocycles. The molecular weight excluding hydrogens is 312 g/mol. The molecule has 122 valence electrons. The minimum atomic E-state index is -1.14. The molecule has 0 saturated carbocycles. The SMILES string of the molecule is CC(NC(=O)c1ccccc1)C(=O)NCC(C)(O)c1ccsc1. The normalized spacial score (nSPS) is 14.6. The summed E-state index contributed by atoms with van der Waals surface area (Å²) in [6.45, 7) is 3.33. The van der Waals surface area contributed by atoms with Gasteiger partial charge in [0.25, 0.3) is 5.91 Å². The number of thiophene rings is 1. The van der Waals surface area contributed by atoms with Crippen molar-refractivity contribution in [1.29, 1.82) is 0 Å². The van der Waals surface area contributed by atoms with Crippen LogP contribution in [0.1, 0.15) is 29.8 Å². The van der Waals surface area contributed by atoms with Gasteiger partial charge in [0.05, 0.1) is 6.54 Å². The van der Waals surface area contributed by atoms with Crippen molar-refractivity contribution in [3.05, 3.63) is 58.3 Å². The maximum Gasteiger partial charge on any atom is 0.251 e. The van der Waals surface area contributed by atoms with Crippen LogP contribution in [0.25, 0.3) is 0 Å². The van der Waals surface area contributed by atoms with Crippen LogP contribution in [-0.4, -0.2) is 29.5 Å². The first-order valence-electron chi connectivity index (χ1n) is 7.29. The van der Waals surface area contributed by atoms with Gasteiger partial charge in [0.15, 0.2) is 0 Å². The molecule has 0 spiro atoms. The van der Waals surface area contributed by atoms with E-state index in [9.17, 15) is 14.7 Å². The molecule has 2 aromatic rings. The largest absolute Gasteiger partial charge is 0.384 e. The van der Waals surface area contributed by atoms with Crippen LogP contribution >= 0.6 is 11.3 Å². The van der Waals surface area contributed by atoms with E-state index in [-0.39, 0.29) is 18.4 Å². The number of amides is 2. The highest BCUT2D eigenvalue weighted by Gasteiger charge is 2.25. The summed E-state index contributed by atoms with van der Waals surface area (Å²) in [7, 11) is 0. The summed E-state index contributed by atoms with van der Waals surface area (Å²) in [6, 6.07) is 9.83. The molecule has 0 bridgehead atoms. The number of nitrogens with one attached hydrogen (secondary N) is 2. The minimum Gasteiger partial charge on any atom is -0.384 e. The molecule has 2 amide bonds. The molecule has 0 aliphatic heterocycles. The molecule has 0 aliphatic rings. The van der Waals surface area contributed by atoms with Crippen LogP contribution in [0.2, 0.25) is 0 Å². The van der Waals surface area contributed by atoms with Crippen molar-refractivity contribution < 1.29 is 14.7 Å². The standard InChI is InChI=1S/C17H20N2O3S/c1-12(19-16(21)13-6-4-3-5-7-13)15(20)18-11-17(2,22)14-8-9-23-10-14/h3-10,12,22H,11H2,1-2H3,(H,18,20)(H,19,21). The molecule has 0 saturated heterocycles. The smallest absolute Gasteiger partial charge is 0.251 e. The first-order chi connectivity index (χ1) is 10.9. The number of aliphatic hydroxyl groups is 1. The number of hydrogen-bond acceptors (Lipinski definition) is 4. The van der Waals surface area contributed by atoms with E-state index in [1.165, 1.54) is 11.3 Å².